The van der Waals surface area contributed by atoms with E-state index in [2.05, 4.69) is 18.7 Å². The number of amides is 1. The largest absolute Gasteiger partial charge is 0.372 e. The van der Waals surface area contributed by atoms with E-state index in [0.29, 0.717) is 36.6 Å². The van der Waals surface area contributed by atoms with Gasteiger partial charge in [-0.2, -0.15) is 4.31 Å². The Bertz CT molecular complexity index is 1200. The maximum atomic E-state index is 13.2. The molecule has 6 nitrogen and oxygen atoms in total. The Hall–Kier alpha value is -2.61. The van der Waals surface area contributed by atoms with Gasteiger partial charge in [0.25, 0.3) is 5.91 Å². The standard InChI is InChI=1S/C25H29N3O3S.ClH/c1-3-26(4-2)23-12-9-21(10-13-23)25(29)27-15-17-28(18-16-27)32(30,31)24-14-11-20-7-5-6-8-22(20)19-24;/h5-14,19H,3-4,15-18H2,1-2H3;1H. The van der Waals surface area contributed by atoms with Crippen LogP contribution in [0.1, 0.15) is 24.2 Å². The van der Waals surface area contributed by atoms with E-state index in [1.54, 1.807) is 17.0 Å². The van der Waals surface area contributed by atoms with Crippen molar-refractivity contribution in [1.82, 2.24) is 9.21 Å². The summed E-state index contributed by atoms with van der Waals surface area (Å²) in [5.74, 6) is -0.0566. The first-order valence-electron chi connectivity index (χ1n) is 11.1. The van der Waals surface area contributed by atoms with Crippen molar-refractivity contribution in [2.24, 2.45) is 0 Å². The number of carbonyl (C=O) groups is 1. The average Bonchev–Trinajstić information content (AvgIpc) is 2.84. The fourth-order valence-corrected chi connectivity index (χ4v) is 5.65. The van der Waals surface area contributed by atoms with Gasteiger partial charge in [0.05, 0.1) is 4.90 Å². The number of hydrogen-bond acceptors (Lipinski definition) is 4. The third-order valence-electron chi connectivity index (χ3n) is 6.13. The number of benzene rings is 3. The zero-order chi connectivity index (χ0) is 22.7. The average molecular weight is 488 g/mol. The maximum Gasteiger partial charge on any atom is 0.253 e. The molecule has 3 aromatic carbocycles. The third-order valence-corrected chi connectivity index (χ3v) is 8.02. The van der Waals surface area contributed by atoms with Gasteiger partial charge in [0.1, 0.15) is 0 Å². The van der Waals surface area contributed by atoms with E-state index in [4.69, 9.17) is 0 Å². The highest BCUT2D eigenvalue weighted by Gasteiger charge is 2.30. The van der Waals surface area contributed by atoms with Crippen LogP contribution < -0.4 is 4.90 Å². The Balaban J connectivity index is 0.00000306. The van der Waals surface area contributed by atoms with Crippen molar-refractivity contribution in [3.8, 4) is 0 Å². The molecule has 0 aromatic heterocycles. The lowest BCUT2D eigenvalue weighted by molar-refractivity contribution is 0.0698. The van der Waals surface area contributed by atoms with E-state index in [1.165, 1.54) is 4.31 Å². The van der Waals surface area contributed by atoms with Crippen LogP contribution >= 0.6 is 12.4 Å². The molecular formula is C25H30ClN3O3S. The second-order valence-electron chi connectivity index (χ2n) is 7.92. The molecule has 0 unspecified atom stereocenters. The summed E-state index contributed by atoms with van der Waals surface area (Å²) in [4.78, 5) is 17.2. The van der Waals surface area contributed by atoms with Crippen molar-refractivity contribution in [1.29, 1.82) is 0 Å². The first-order chi connectivity index (χ1) is 15.4. The van der Waals surface area contributed by atoms with Crippen molar-refractivity contribution >= 4 is 44.8 Å². The molecule has 1 saturated heterocycles. The number of sulfonamides is 1. The number of hydrogen-bond donors (Lipinski definition) is 0. The van der Waals surface area contributed by atoms with Gasteiger partial charge in [-0.3, -0.25) is 4.79 Å². The SMILES string of the molecule is CCN(CC)c1ccc(C(=O)N2CCN(S(=O)(=O)c3ccc4ccccc4c3)CC2)cc1.Cl. The Morgan fingerprint density at radius 3 is 2.06 bits per heavy atom. The third kappa shape index (κ3) is 5.16. The van der Waals surface area contributed by atoms with Crippen LogP contribution in [-0.4, -0.2) is 62.8 Å². The highest BCUT2D eigenvalue weighted by molar-refractivity contribution is 7.89. The van der Waals surface area contributed by atoms with Gasteiger partial charge in [-0.15, -0.1) is 12.4 Å². The minimum absolute atomic E-state index is 0. The van der Waals surface area contributed by atoms with Gasteiger partial charge in [-0.25, -0.2) is 8.42 Å². The lowest BCUT2D eigenvalue weighted by Gasteiger charge is -2.34. The fraction of sp³-hybridized carbons (Fsp3) is 0.320. The van der Waals surface area contributed by atoms with Crippen LogP contribution in [0.4, 0.5) is 5.69 Å². The lowest BCUT2D eigenvalue weighted by Crippen LogP contribution is -2.50. The Labute approximate surface area is 202 Å². The Kier molecular flexibility index (Phi) is 8.00. The number of nitrogens with zero attached hydrogens (tertiary/aromatic N) is 3. The number of fused-ring (bicyclic) bond motifs is 1. The fourth-order valence-electron chi connectivity index (χ4n) is 4.19. The minimum atomic E-state index is -3.60. The van der Waals surface area contributed by atoms with Crippen LogP contribution in [0.15, 0.2) is 71.6 Å². The van der Waals surface area contributed by atoms with Crippen molar-refractivity contribution in [2.45, 2.75) is 18.7 Å². The molecule has 0 N–H and O–H groups in total. The van der Waals surface area contributed by atoms with Crippen LogP contribution in [0.2, 0.25) is 0 Å². The molecule has 1 heterocycles. The van der Waals surface area contributed by atoms with Crippen molar-refractivity contribution in [2.75, 3.05) is 44.2 Å². The smallest absolute Gasteiger partial charge is 0.253 e. The van der Waals surface area contributed by atoms with E-state index >= 15 is 0 Å². The Morgan fingerprint density at radius 2 is 1.45 bits per heavy atom. The molecule has 33 heavy (non-hydrogen) atoms. The quantitative estimate of drug-likeness (QED) is 0.521. The van der Waals surface area contributed by atoms with E-state index in [-0.39, 0.29) is 18.3 Å². The summed E-state index contributed by atoms with van der Waals surface area (Å²) in [6, 6.07) is 20.6. The number of anilines is 1. The minimum Gasteiger partial charge on any atom is -0.372 e. The molecule has 1 amide bonds. The Morgan fingerprint density at radius 1 is 0.848 bits per heavy atom. The van der Waals surface area contributed by atoms with E-state index in [1.807, 2.05) is 54.6 Å². The highest BCUT2D eigenvalue weighted by atomic mass is 35.5. The molecule has 0 saturated carbocycles. The molecule has 1 aliphatic rings. The number of carbonyl (C=O) groups excluding carboxylic acids is 1. The summed E-state index contributed by atoms with van der Waals surface area (Å²) in [5, 5.41) is 1.91. The molecule has 0 atom stereocenters. The lowest BCUT2D eigenvalue weighted by atomic mass is 10.1. The van der Waals surface area contributed by atoms with Crippen LogP contribution in [0, 0.1) is 0 Å². The summed E-state index contributed by atoms with van der Waals surface area (Å²) in [6.07, 6.45) is 0. The van der Waals surface area contributed by atoms with E-state index in [9.17, 15) is 13.2 Å². The van der Waals surface area contributed by atoms with Crippen molar-refractivity contribution in [3.05, 3.63) is 72.3 Å². The van der Waals surface area contributed by atoms with E-state index in [0.717, 1.165) is 29.5 Å². The van der Waals surface area contributed by atoms with Gasteiger partial charge in [-0.05, 0) is 61.0 Å². The van der Waals surface area contributed by atoms with Gasteiger partial charge in [0.2, 0.25) is 10.0 Å². The first-order valence-corrected chi connectivity index (χ1v) is 12.5. The van der Waals surface area contributed by atoms with Crippen LogP contribution in [-0.2, 0) is 10.0 Å². The van der Waals surface area contributed by atoms with Crippen LogP contribution in [0.3, 0.4) is 0 Å². The first kappa shape index (κ1) is 25.0. The normalized spacial score (nSPS) is 14.7. The van der Waals surface area contributed by atoms with E-state index < -0.39 is 10.0 Å². The molecule has 176 valence electrons. The second-order valence-corrected chi connectivity index (χ2v) is 9.86. The molecule has 1 aliphatic heterocycles. The zero-order valence-electron chi connectivity index (χ0n) is 19.0. The summed E-state index contributed by atoms with van der Waals surface area (Å²) in [7, 11) is -3.60. The van der Waals surface area contributed by atoms with Crippen molar-refractivity contribution < 1.29 is 13.2 Å². The number of halogens is 1. The molecule has 4 rings (SSSR count). The molecule has 8 heteroatoms. The second kappa shape index (κ2) is 10.5. The monoisotopic (exact) mass is 487 g/mol. The predicted octanol–water partition coefficient (Wildman–Crippen LogP) is 4.25. The van der Waals surface area contributed by atoms with Gasteiger partial charge in [0.15, 0.2) is 0 Å². The summed E-state index contributed by atoms with van der Waals surface area (Å²) in [6.45, 7) is 7.38. The zero-order valence-corrected chi connectivity index (χ0v) is 20.6. The summed E-state index contributed by atoms with van der Waals surface area (Å²) < 4.78 is 27.8. The topological polar surface area (TPSA) is 60.9 Å². The molecule has 3 aromatic rings. The van der Waals surface area contributed by atoms with Gasteiger partial charge in [-0.1, -0.05) is 30.3 Å². The molecule has 0 aliphatic carbocycles. The molecule has 0 bridgehead atoms. The predicted molar refractivity (Wildman–Crippen MR) is 136 cm³/mol. The van der Waals surface area contributed by atoms with Crippen LogP contribution in [0.5, 0.6) is 0 Å². The molecule has 0 spiro atoms. The number of piperazine rings is 1. The molecular weight excluding hydrogens is 458 g/mol. The molecule has 1 fully saturated rings. The summed E-state index contributed by atoms with van der Waals surface area (Å²) in [5.41, 5.74) is 1.73. The van der Waals surface area contributed by atoms with Crippen LogP contribution in [0.25, 0.3) is 10.8 Å². The van der Waals surface area contributed by atoms with Crippen molar-refractivity contribution in [3.63, 3.8) is 0 Å². The highest BCUT2D eigenvalue weighted by Crippen LogP contribution is 2.23. The maximum absolute atomic E-state index is 13.2. The number of rotatable bonds is 6. The van der Waals surface area contributed by atoms with Gasteiger partial charge in [0, 0.05) is 50.5 Å². The molecule has 0 radical (unpaired) electrons. The van der Waals surface area contributed by atoms with Gasteiger partial charge < -0.3 is 9.80 Å². The van der Waals surface area contributed by atoms with Gasteiger partial charge >= 0.3 is 0 Å². The summed E-state index contributed by atoms with van der Waals surface area (Å²) >= 11 is 0.